The zero-order valence-corrected chi connectivity index (χ0v) is 19.9. The first kappa shape index (κ1) is 22.9. The normalized spacial score (nSPS) is 14.6. The van der Waals surface area contributed by atoms with Crippen LogP contribution in [0.25, 0.3) is 11.4 Å². The van der Waals surface area contributed by atoms with Gasteiger partial charge in [-0.25, -0.2) is 4.68 Å². The quantitative estimate of drug-likeness (QED) is 0.375. The predicted molar refractivity (Wildman–Crippen MR) is 134 cm³/mol. The van der Waals surface area contributed by atoms with Crippen LogP contribution in [-0.4, -0.2) is 45.0 Å². The van der Waals surface area contributed by atoms with Crippen molar-refractivity contribution < 1.29 is 19.4 Å². The van der Waals surface area contributed by atoms with Crippen molar-refractivity contribution in [2.24, 2.45) is 0 Å². The second-order valence-electron chi connectivity index (χ2n) is 8.16. The number of rotatable bonds is 6. The van der Waals surface area contributed by atoms with Gasteiger partial charge in [0.25, 0.3) is 5.91 Å². The maximum absolute atomic E-state index is 13.5. The topological polar surface area (TPSA) is 123 Å². The molecule has 5 rings (SSSR count). The lowest BCUT2D eigenvalue weighted by molar-refractivity contribution is -0.113. The Morgan fingerprint density at radius 2 is 1.86 bits per heavy atom. The van der Waals surface area contributed by atoms with E-state index in [2.05, 4.69) is 20.6 Å². The number of aromatic hydroxyl groups is 1. The van der Waals surface area contributed by atoms with Crippen LogP contribution in [-0.2, 0) is 4.79 Å². The predicted octanol–water partition coefficient (Wildman–Crippen LogP) is 3.99. The van der Waals surface area contributed by atoms with Crippen LogP contribution >= 0.6 is 0 Å². The number of benzene rings is 2. The number of ether oxygens (including phenoxy) is 2. The first-order valence-corrected chi connectivity index (χ1v) is 11.1. The number of carbonyl (C=O) groups excluding carboxylic acids is 1. The molecule has 2 aromatic carbocycles. The van der Waals surface area contributed by atoms with Crippen LogP contribution in [0.3, 0.4) is 0 Å². The highest BCUT2D eigenvalue weighted by Gasteiger charge is 2.34. The van der Waals surface area contributed by atoms with Gasteiger partial charge in [-0.2, -0.15) is 4.98 Å². The van der Waals surface area contributed by atoms with E-state index in [1.165, 1.54) is 0 Å². The highest BCUT2D eigenvalue weighted by atomic mass is 16.5. The molecule has 2 aromatic heterocycles. The van der Waals surface area contributed by atoms with Crippen molar-refractivity contribution in [2.45, 2.75) is 13.0 Å². The van der Waals surface area contributed by atoms with Gasteiger partial charge < -0.3 is 25.2 Å². The van der Waals surface area contributed by atoms with Gasteiger partial charge >= 0.3 is 0 Å². The van der Waals surface area contributed by atoms with E-state index in [0.29, 0.717) is 51.4 Å². The van der Waals surface area contributed by atoms with Crippen molar-refractivity contribution in [1.82, 2.24) is 19.7 Å². The Labute approximate surface area is 207 Å². The molecule has 36 heavy (non-hydrogen) atoms. The molecule has 0 radical (unpaired) electrons. The van der Waals surface area contributed by atoms with Crippen LogP contribution in [0.1, 0.15) is 18.5 Å². The van der Waals surface area contributed by atoms with Crippen LogP contribution in [0.5, 0.6) is 17.2 Å². The van der Waals surface area contributed by atoms with Crippen molar-refractivity contribution in [1.29, 1.82) is 0 Å². The highest BCUT2D eigenvalue weighted by Crippen LogP contribution is 2.38. The molecular formula is C26H24N6O4. The van der Waals surface area contributed by atoms with Crippen molar-refractivity contribution >= 4 is 17.5 Å². The first-order chi connectivity index (χ1) is 17.5. The van der Waals surface area contributed by atoms with Gasteiger partial charge in [-0.1, -0.05) is 12.1 Å². The molecule has 0 bridgehead atoms. The molecule has 0 aliphatic carbocycles. The number of hydrogen-bond acceptors (Lipinski definition) is 8. The van der Waals surface area contributed by atoms with Crippen molar-refractivity contribution in [3.8, 4) is 28.6 Å². The van der Waals surface area contributed by atoms with E-state index >= 15 is 0 Å². The van der Waals surface area contributed by atoms with Crippen LogP contribution in [0.4, 0.5) is 11.6 Å². The molecule has 182 valence electrons. The highest BCUT2D eigenvalue weighted by molar-refractivity contribution is 6.06. The molecule has 0 spiro atoms. The first-order valence-electron chi connectivity index (χ1n) is 11.1. The Morgan fingerprint density at radius 3 is 2.53 bits per heavy atom. The van der Waals surface area contributed by atoms with Crippen LogP contribution in [0.2, 0.25) is 0 Å². The van der Waals surface area contributed by atoms with Crippen LogP contribution in [0.15, 0.2) is 78.3 Å². The van der Waals surface area contributed by atoms with E-state index < -0.39 is 6.04 Å². The SMILES string of the molecule is COc1cc(OC)cc(-c2nc3n(n2)C(c2cccc(O)c2)C(C(=O)Nc2cccnc2)=C(C)N3)c1. The van der Waals surface area contributed by atoms with Crippen molar-refractivity contribution in [2.75, 3.05) is 24.9 Å². The minimum atomic E-state index is -0.654. The Kier molecular flexibility index (Phi) is 5.99. The number of hydrogen-bond donors (Lipinski definition) is 3. The lowest BCUT2D eigenvalue weighted by atomic mass is 9.95. The van der Waals surface area contributed by atoms with Crippen LogP contribution < -0.4 is 20.1 Å². The largest absolute Gasteiger partial charge is 0.508 e. The second-order valence-corrected chi connectivity index (χ2v) is 8.16. The number of amides is 1. The van der Waals surface area contributed by atoms with E-state index in [4.69, 9.17) is 14.6 Å². The van der Waals surface area contributed by atoms with E-state index in [1.807, 2.05) is 18.2 Å². The van der Waals surface area contributed by atoms with Gasteiger partial charge in [-0.05, 0) is 48.9 Å². The second kappa shape index (κ2) is 9.41. The maximum atomic E-state index is 13.5. The number of phenolic OH excluding ortho intramolecular Hbond substituents is 1. The zero-order chi connectivity index (χ0) is 25.2. The minimum Gasteiger partial charge on any atom is -0.508 e. The average molecular weight is 485 g/mol. The third-order valence-corrected chi connectivity index (χ3v) is 5.81. The monoisotopic (exact) mass is 484 g/mol. The third-order valence-electron chi connectivity index (χ3n) is 5.81. The molecule has 10 nitrogen and oxygen atoms in total. The Morgan fingerprint density at radius 1 is 1.08 bits per heavy atom. The molecule has 0 fully saturated rings. The Bertz CT molecular complexity index is 1440. The summed E-state index contributed by atoms with van der Waals surface area (Å²) in [6, 6.07) is 15.0. The fraction of sp³-hybridized carbons (Fsp3) is 0.154. The number of nitrogens with one attached hydrogen (secondary N) is 2. The lowest BCUT2D eigenvalue weighted by Crippen LogP contribution is -2.31. The van der Waals surface area contributed by atoms with Gasteiger partial charge in [0.1, 0.15) is 23.3 Å². The smallest absolute Gasteiger partial charge is 0.255 e. The molecule has 1 atom stereocenters. The number of nitrogens with zero attached hydrogens (tertiary/aromatic N) is 4. The number of methoxy groups -OCH3 is 2. The number of aromatic nitrogens is 4. The van der Waals surface area contributed by atoms with E-state index in [-0.39, 0.29) is 11.7 Å². The molecule has 0 saturated carbocycles. The number of allylic oxidation sites excluding steroid dienone is 1. The van der Waals surface area contributed by atoms with Gasteiger partial charge in [0.15, 0.2) is 5.82 Å². The number of anilines is 2. The molecular weight excluding hydrogens is 460 g/mol. The average Bonchev–Trinajstić information content (AvgIpc) is 3.31. The van der Waals surface area contributed by atoms with Gasteiger partial charge in [0.2, 0.25) is 5.95 Å². The Balaban J connectivity index is 1.62. The third kappa shape index (κ3) is 4.31. The molecule has 0 saturated heterocycles. The molecule has 10 heteroatoms. The fourth-order valence-corrected chi connectivity index (χ4v) is 4.14. The molecule has 1 aliphatic heterocycles. The van der Waals surface area contributed by atoms with Crippen LogP contribution in [0, 0.1) is 0 Å². The Hall–Kier alpha value is -4.86. The van der Waals surface area contributed by atoms with Crippen molar-refractivity contribution in [3.63, 3.8) is 0 Å². The summed E-state index contributed by atoms with van der Waals surface area (Å²) in [6.45, 7) is 1.81. The van der Waals surface area contributed by atoms with E-state index in [1.54, 1.807) is 74.6 Å². The fourth-order valence-electron chi connectivity index (χ4n) is 4.14. The van der Waals surface area contributed by atoms with Crippen molar-refractivity contribution in [3.05, 3.63) is 83.8 Å². The molecule has 1 unspecified atom stereocenters. The summed E-state index contributed by atoms with van der Waals surface area (Å²) >= 11 is 0. The standard InChI is InChI=1S/C26H24N6O4/c1-15-22(25(34)29-18-7-5-9-27-14-18)23(16-6-4-8-19(33)10-16)32-26(28-15)30-24(31-32)17-11-20(35-2)13-21(12-17)36-3/h4-14,23,33H,1-3H3,(H,29,34)(H,28,30,31). The summed E-state index contributed by atoms with van der Waals surface area (Å²) in [6.07, 6.45) is 3.21. The molecule has 1 amide bonds. The maximum Gasteiger partial charge on any atom is 0.255 e. The van der Waals surface area contributed by atoms with Gasteiger partial charge in [-0.15, -0.1) is 5.10 Å². The molecule has 4 aromatic rings. The minimum absolute atomic E-state index is 0.0788. The summed E-state index contributed by atoms with van der Waals surface area (Å²) < 4.78 is 12.4. The molecule has 3 N–H and O–H groups in total. The van der Waals surface area contributed by atoms with Gasteiger partial charge in [-0.3, -0.25) is 9.78 Å². The van der Waals surface area contributed by atoms with Gasteiger partial charge in [0.05, 0.1) is 31.7 Å². The number of pyridine rings is 1. The molecule has 3 heterocycles. The zero-order valence-electron chi connectivity index (χ0n) is 19.9. The van der Waals surface area contributed by atoms with E-state index in [0.717, 1.165) is 0 Å². The number of phenols is 1. The molecule has 1 aliphatic rings. The van der Waals surface area contributed by atoms with E-state index in [9.17, 15) is 9.90 Å². The summed E-state index contributed by atoms with van der Waals surface area (Å²) in [4.78, 5) is 22.3. The number of carbonyl (C=O) groups is 1. The summed E-state index contributed by atoms with van der Waals surface area (Å²) in [5, 5.41) is 21.1. The number of fused-ring (bicyclic) bond motifs is 1. The summed E-state index contributed by atoms with van der Waals surface area (Å²) in [7, 11) is 3.15. The van der Waals surface area contributed by atoms with Gasteiger partial charge in [0, 0.05) is 23.5 Å². The lowest BCUT2D eigenvalue weighted by Gasteiger charge is -2.28. The summed E-state index contributed by atoms with van der Waals surface area (Å²) in [5.74, 6) is 1.82. The summed E-state index contributed by atoms with van der Waals surface area (Å²) in [5.41, 5.74) is 2.96.